The largest absolute Gasteiger partial charge is 0.474 e. The SMILES string of the molecule is CC(C)(C)c1ccc(-c2ccc(N(Cc3ccc(C(F)(F)F)cc3)C(=O)C(=O)O)cc2)cc1. The van der Waals surface area contributed by atoms with Gasteiger partial charge in [0.2, 0.25) is 0 Å². The summed E-state index contributed by atoms with van der Waals surface area (Å²) in [5, 5.41) is 9.23. The van der Waals surface area contributed by atoms with Gasteiger partial charge in [0, 0.05) is 5.69 Å². The molecule has 0 spiro atoms. The Morgan fingerprint density at radius 2 is 1.21 bits per heavy atom. The maximum atomic E-state index is 12.8. The van der Waals surface area contributed by atoms with Crippen molar-refractivity contribution >= 4 is 17.6 Å². The smallest absolute Gasteiger partial charge is 0.416 e. The Balaban J connectivity index is 1.86. The molecule has 0 saturated carbocycles. The molecule has 172 valence electrons. The average molecular weight is 455 g/mol. The first kappa shape index (κ1) is 24.0. The van der Waals surface area contributed by atoms with Crippen LogP contribution < -0.4 is 4.90 Å². The summed E-state index contributed by atoms with van der Waals surface area (Å²) < 4.78 is 38.4. The Morgan fingerprint density at radius 3 is 1.64 bits per heavy atom. The number of benzene rings is 3. The fourth-order valence-electron chi connectivity index (χ4n) is 3.37. The molecular formula is C26H24F3NO3. The molecule has 0 unspecified atom stereocenters. The van der Waals surface area contributed by atoms with Gasteiger partial charge in [-0.3, -0.25) is 9.69 Å². The number of carbonyl (C=O) groups excluding carboxylic acids is 1. The first-order valence-corrected chi connectivity index (χ1v) is 10.3. The Hall–Kier alpha value is -3.61. The van der Waals surface area contributed by atoms with Crippen LogP contribution in [0.1, 0.15) is 37.5 Å². The van der Waals surface area contributed by atoms with Crippen LogP contribution in [0.3, 0.4) is 0 Å². The van der Waals surface area contributed by atoms with E-state index in [9.17, 15) is 27.9 Å². The van der Waals surface area contributed by atoms with Crippen LogP contribution >= 0.6 is 0 Å². The third-order valence-corrected chi connectivity index (χ3v) is 5.31. The Kier molecular flexibility index (Phi) is 6.63. The summed E-state index contributed by atoms with van der Waals surface area (Å²) in [6, 6.07) is 19.2. The third kappa shape index (κ3) is 5.80. The van der Waals surface area contributed by atoms with Gasteiger partial charge in [0.15, 0.2) is 0 Å². The number of carboxylic acids is 1. The van der Waals surface area contributed by atoms with Crippen molar-refractivity contribution in [3.63, 3.8) is 0 Å². The summed E-state index contributed by atoms with van der Waals surface area (Å²) in [6.07, 6.45) is -4.48. The lowest BCUT2D eigenvalue weighted by Crippen LogP contribution is -2.36. The molecule has 3 aromatic carbocycles. The van der Waals surface area contributed by atoms with E-state index in [-0.39, 0.29) is 12.0 Å². The number of hydrogen-bond donors (Lipinski definition) is 1. The molecule has 33 heavy (non-hydrogen) atoms. The molecule has 1 N–H and O–H groups in total. The molecule has 0 saturated heterocycles. The highest BCUT2D eigenvalue weighted by Gasteiger charge is 2.30. The highest BCUT2D eigenvalue weighted by molar-refractivity contribution is 6.37. The lowest BCUT2D eigenvalue weighted by atomic mass is 9.86. The van der Waals surface area contributed by atoms with Crippen LogP contribution in [-0.2, 0) is 27.7 Å². The van der Waals surface area contributed by atoms with Crippen molar-refractivity contribution in [3.05, 3.63) is 89.5 Å². The number of carboxylic acid groups (broad SMARTS) is 1. The van der Waals surface area contributed by atoms with Crippen molar-refractivity contribution in [3.8, 4) is 11.1 Å². The van der Waals surface area contributed by atoms with Gasteiger partial charge >= 0.3 is 18.1 Å². The fourth-order valence-corrected chi connectivity index (χ4v) is 3.37. The molecule has 0 radical (unpaired) electrons. The van der Waals surface area contributed by atoms with Crippen LogP contribution in [0.5, 0.6) is 0 Å². The Morgan fingerprint density at radius 1 is 0.758 bits per heavy atom. The number of aliphatic carboxylic acids is 1. The second kappa shape index (κ2) is 9.10. The van der Waals surface area contributed by atoms with E-state index in [1.54, 1.807) is 24.3 Å². The molecule has 0 aliphatic heterocycles. The van der Waals surface area contributed by atoms with E-state index in [0.717, 1.165) is 28.2 Å². The minimum absolute atomic E-state index is 0.0262. The molecule has 7 heteroatoms. The van der Waals surface area contributed by atoms with Gasteiger partial charge in [0.05, 0.1) is 12.1 Å². The van der Waals surface area contributed by atoms with Crippen LogP contribution in [0.15, 0.2) is 72.8 Å². The maximum absolute atomic E-state index is 12.8. The maximum Gasteiger partial charge on any atom is 0.416 e. The second-order valence-electron chi connectivity index (χ2n) is 8.77. The topological polar surface area (TPSA) is 57.6 Å². The number of halogens is 3. The van der Waals surface area contributed by atoms with Crippen LogP contribution in [0.4, 0.5) is 18.9 Å². The summed E-state index contributed by atoms with van der Waals surface area (Å²) in [6.45, 7) is 6.20. The minimum Gasteiger partial charge on any atom is -0.474 e. The molecule has 0 atom stereocenters. The number of amides is 1. The van der Waals surface area contributed by atoms with Crippen LogP contribution in [-0.4, -0.2) is 17.0 Å². The molecule has 0 heterocycles. The van der Waals surface area contributed by atoms with Crippen molar-refractivity contribution < 1.29 is 27.9 Å². The van der Waals surface area contributed by atoms with E-state index in [0.29, 0.717) is 11.3 Å². The molecule has 0 bridgehead atoms. The molecule has 1 amide bonds. The van der Waals surface area contributed by atoms with Gasteiger partial charge in [0.25, 0.3) is 0 Å². The van der Waals surface area contributed by atoms with Crippen LogP contribution in [0, 0.1) is 0 Å². The van der Waals surface area contributed by atoms with Gasteiger partial charge in [-0.25, -0.2) is 4.79 Å². The predicted molar refractivity (Wildman–Crippen MR) is 121 cm³/mol. The van der Waals surface area contributed by atoms with E-state index in [2.05, 4.69) is 20.8 Å². The Bertz CT molecular complexity index is 1130. The van der Waals surface area contributed by atoms with Crippen LogP contribution in [0.25, 0.3) is 11.1 Å². The van der Waals surface area contributed by atoms with Crippen molar-refractivity contribution in [1.29, 1.82) is 0 Å². The standard InChI is InChI=1S/C26H24F3NO3/c1-25(2,3)20-12-6-18(7-13-20)19-8-14-22(15-9-19)30(23(31)24(32)33)16-17-4-10-21(11-5-17)26(27,28)29/h4-15H,16H2,1-3H3,(H,32,33). The van der Waals surface area contributed by atoms with E-state index >= 15 is 0 Å². The average Bonchev–Trinajstić information content (AvgIpc) is 2.76. The number of hydrogen-bond acceptors (Lipinski definition) is 2. The molecule has 3 aromatic rings. The highest BCUT2D eigenvalue weighted by atomic mass is 19.4. The Labute approximate surface area is 190 Å². The number of rotatable bonds is 4. The van der Waals surface area contributed by atoms with Crippen molar-refractivity contribution in [2.75, 3.05) is 4.90 Å². The molecule has 0 aliphatic rings. The number of nitrogens with zero attached hydrogens (tertiary/aromatic N) is 1. The number of anilines is 1. The van der Waals surface area contributed by atoms with E-state index in [1.807, 2.05) is 24.3 Å². The van der Waals surface area contributed by atoms with E-state index < -0.39 is 23.6 Å². The molecule has 4 nitrogen and oxygen atoms in total. The number of carbonyl (C=O) groups is 2. The zero-order valence-electron chi connectivity index (χ0n) is 18.5. The van der Waals surface area contributed by atoms with Crippen molar-refractivity contribution in [2.24, 2.45) is 0 Å². The molecule has 0 aromatic heterocycles. The van der Waals surface area contributed by atoms with E-state index in [4.69, 9.17) is 0 Å². The normalized spacial score (nSPS) is 11.8. The molecule has 3 rings (SSSR count). The summed E-state index contributed by atoms with van der Waals surface area (Å²) in [7, 11) is 0. The van der Waals surface area contributed by atoms with Crippen molar-refractivity contribution in [1.82, 2.24) is 0 Å². The summed E-state index contributed by atoms with van der Waals surface area (Å²) >= 11 is 0. The predicted octanol–water partition coefficient (Wildman–Crippen LogP) is 6.29. The fraction of sp³-hybridized carbons (Fsp3) is 0.231. The molecule has 0 aliphatic carbocycles. The lowest BCUT2D eigenvalue weighted by molar-refractivity contribution is -0.148. The van der Waals surface area contributed by atoms with Gasteiger partial charge in [-0.1, -0.05) is 69.3 Å². The van der Waals surface area contributed by atoms with Gasteiger partial charge in [0.1, 0.15) is 0 Å². The van der Waals surface area contributed by atoms with Gasteiger partial charge in [-0.05, 0) is 51.9 Å². The number of alkyl halides is 3. The zero-order chi connectivity index (χ0) is 24.4. The summed E-state index contributed by atoms with van der Waals surface area (Å²) in [5.74, 6) is -2.82. The molecular weight excluding hydrogens is 431 g/mol. The van der Waals surface area contributed by atoms with Gasteiger partial charge in [-0.2, -0.15) is 13.2 Å². The summed E-state index contributed by atoms with van der Waals surface area (Å²) in [5.41, 5.74) is 2.96. The highest BCUT2D eigenvalue weighted by Crippen LogP contribution is 2.30. The zero-order valence-corrected chi connectivity index (χ0v) is 18.5. The first-order valence-electron chi connectivity index (χ1n) is 10.3. The lowest BCUT2D eigenvalue weighted by Gasteiger charge is -2.22. The third-order valence-electron chi connectivity index (χ3n) is 5.31. The summed E-state index contributed by atoms with van der Waals surface area (Å²) in [4.78, 5) is 24.7. The minimum atomic E-state index is -4.48. The van der Waals surface area contributed by atoms with Crippen molar-refractivity contribution in [2.45, 2.75) is 38.9 Å². The monoisotopic (exact) mass is 455 g/mol. The second-order valence-corrected chi connectivity index (χ2v) is 8.77. The van der Waals surface area contributed by atoms with E-state index in [1.165, 1.54) is 17.7 Å². The molecule has 0 fully saturated rings. The van der Waals surface area contributed by atoms with Gasteiger partial charge < -0.3 is 5.11 Å². The van der Waals surface area contributed by atoms with Gasteiger partial charge in [-0.15, -0.1) is 0 Å². The van der Waals surface area contributed by atoms with Crippen LogP contribution in [0.2, 0.25) is 0 Å². The first-order chi connectivity index (χ1) is 15.4. The quantitative estimate of drug-likeness (QED) is 0.471.